The van der Waals surface area contributed by atoms with E-state index in [2.05, 4.69) is 41.3 Å². The van der Waals surface area contributed by atoms with Crippen LogP contribution >= 0.6 is 0 Å². The molecule has 4 nitrogen and oxygen atoms in total. The minimum Gasteiger partial charge on any atom is -0.338 e. The molecule has 1 fully saturated rings. The van der Waals surface area contributed by atoms with Crippen LogP contribution in [0, 0.1) is 6.92 Å². The Kier molecular flexibility index (Phi) is 3.27. The quantitative estimate of drug-likeness (QED) is 0.800. The van der Waals surface area contributed by atoms with Gasteiger partial charge in [-0.05, 0) is 30.9 Å². The number of hydrogen-bond acceptors (Lipinski definition) is 4. The zero-order valence-electron chi connectivity index (χ0n) is 13.1. The fourth-order valence-corrected chi connectivity index (χ4v) is 3.02. The molecule has 0 bridgehead atoms. The van der Waals surface area contributed by atoms with Gasteiger partial charge in [0.1, 0.15) is 0 Å². The van der Waals surface area contributed by atoms with Crippen molar-refractivity contribution in [3.05, 3.63) is 71.1 Å². The molecule has 2 aromatic carbocycles. The van der Waals surface area contributed by atoms with Gasteiger partial charge in [-0.2, -0.15) is 4.98 Å². The third-order valence-electron chi connectivity index (χ3n) is 4.60. The van der Waals surface area contributed by atoms with Crippen LogP contribution in [-0.2, 0) is 12.0 Å². The molecule has 0 atom stereocenters. The largest absolute Gasteiger partial charge is 0.338 e. The van der Waals surface area contributed by atoms with Gasteiger partial charge in [0.2, 0.25) is 11.7 Å². The minimum atomic E-state index is -0.0888. The lowest BCUT2D eigenvalue weighted by Crippen LogP contribution is -2.09. The lowest BCUT2D eigenvalue weighted by Gasteiger charge is -2.11. The van der Waals surface area contributed by atoms with Crippen molar-refractivity contribution in [3.8, 4) is 11.4 Å². The summed E-state index contributed by atoms with van der Waals surface area (Å²) in [6.45, 7) is 2.64. The van der Waals surface area contributed by atoms with Crippen molar-refractivity contribution in [2.75, 3.05) is 0 Å². The second-order valence-electron chi connectivity index (χ2n) is 6.28. The van der Waals surface area contributed by atoms with Gasteiger partial charge in [-0.25, -0.2) is 0 Å². The van der Waals surface area contributed by atoms with Gasteiger partial charge in [0.05, 0.1) is 5.41 Å². The molecule has 0 spiro atoms. The molecule has 0 radical (unpaired) electrons. The maximum absolute atomic E-state index is 5.63. The number of hydrogen-bond donors (Lipinski definition) is 1. The van der Waals surface area contributed by atoms with Crippen LogP contribution in [0.4, 0.5) is 0 Å². The molecule has 1 heterocycles. The predicted octanol–water partition coefficient (Wildman–Crippen LogP) is 3.58. The molecule has 0 aliphatic heterocycles. The first-order chi connectivity index (χ1) is 11.2. The van der Waals surface area contributed by atoms with Crippen LogP contribution in [0.1, 0.15) is 35.4 Å². The molecule has 1 aliphatic rings. The second-order valence-corrected chi connectivity index (χ2v) is 6.28. The van der Waals surface area contributed by atoms with Gasteiger partial charge in [-0.1, -0.05) is 59.3 Å². The Labute approximate surface area is 135 Å². The topological polar surface area (TPSA) is 64.9 Å². The smallest absolute Gasteiger partial charge is 0.237 e. The maximum atomic E-state index is 5.63. The van der Waals surface area contributed by atoms with Crippen LogP contribution in [0.2, 0.25) is 0 Å². The molecule has 0 unspecified atom stereocenters. The van der Waals surface area contributed by atoms with Crippen molar-refractivity contribution in [3.63, 3.8) is 0 Å². The second kappa shape index (κ2) is 5.32. The number of aryl methyl sites for hydroxylation is 1. The fourth-order valence-electron chi connectivity index (χ4n) is 3.02. The highest BCUT2D eigenvalue weighted by Gasteiger charge is 2.51. The molecule has 1 aromatic heterocycles. The summed E-state index contributed by atoms with van der Waals surface area (Å²) in [6.07, 6.45) is 2.12. The Balaban J connectivity index is 1.67. The average molecular weight is 305 g/mol. The van der Waals surface area contributed by atoms with E-state index in [9.17, 15) is 0 Å². The summed E-state index contributed by atoms with van der Waals surface area (Å²) in [5.74, 6) is 1.36. The van der Waals surface area contributed by atoms with Crippen molar-refractivity contribution in [1.82, 2.24) is 10.1 Å². The van der Waals surface area contributed by atoms with Crippen molar-refractivity contribution in [1.29, 1.82) is 0 Å². The summed E-state index contributed by atoms with van der Waals surface area (Å²) in [5.41, 5.74) is 10.1. The minimum absolute atomic E-state index is 0.0888. The van der Waals surface area contributed by atoms with Crippen molar-refractivity contribution in [2.45, 2.75) is 31.7 Å². The van der Waals surface area contributed by atoms with Gasteiger partial charge in [0.25, 0.3) is 0 Å². The van der Waals surface area contributed by atoms with Crippen LogP contribution in [0.15, 0.2) is 53.1 Å². The van der Waals surface area contributed by atoms with E-state index in [1.54, 1.807) is 0 Å². The fraction of sp³-hybridized carbons (Fsp3) is 0.263. The molecule has 1 saturated carbocycles. The van der Waals surface area contributed by atoms with Crippen molar-refractivity contribution in [2.24, 2.45) is 5.73 Å². The van der Waals surface area contributed by atoms with Crippen molar-refractivity contribution >= 4 is 0 Å². The van der Waals surface area contributed by atoms with Crippen LogP contribution in [0.5, 0.6) is 0 Å². The zero-order valence-corrected chi connectivity index (χ0v) is 13.1. The molecule has 4 rings (SSSR count). The van der Waals surface area contributed by atoms with E-state index >= 15 is 0 Å². The van der Waals surface area contributed by atoms with Gasteiger partial charge in [-0.3, -0.25) is 0 Å². The van der Waals surface area contributed by atoms with Crippen LogP contribution < -0.4 is 5.73 Å². The maximum Gasteiger partial charge on any atom is 0.237 e. The Bertz CT molecular complexity index is 832. The normalized spacial score (nSPS) is 15.6. The van der Waals surface area contributed by atoms with Gasteiger partial charge in [0, 0.05) is 12.1 Å². The third kappa shape index (κ3) is 2.45. The molecular formula is C19H19N3O. The lowest BCUT2D eigenvalue weighted by atomic mass is 9.94. The highest BCUT2D eigenvalue weighted by atomic mass is 16.5. The van der Waals surface area contributed by atoms with Crippen LogP contribution in [0.25, 0.3) is 11.4 Å². The van der Waals surface area contributed by atoms with Crippen molar-refractivity contribution < 1.29 is 4.52 Å². The SMILES string of the molecule is Cc1cccc(C2(c3nc(-c4ccc(CN)cc4)no3)CC2)c1. The Morgan fingerprint density at radius 3 is 2.57 bits per heavy atom. The Hall–Kier alpha value is -2.46. The van der Waals surface area contributed by atoms with Gasteiger partial charge in [0.15, 0.2) is 0 Å². The molecule has 1 aliphatic carbocycles. The summed E-state index contributed by atoms with van der Waals surface area (Å²) in [5, 5.41) is 4.18. The van der Waals surface area contributed by atoms with E-state index in [0.29, 0.717) is 12.4 Å². The summed E-state index contributed by atoms with van der Waals surface area (Å²) in [4.78, 5) is 4.67. The Morgan fingerprint density at radius 2 is 1.91 bits per heavy atom. The summed E-state index contributed by atoms with van der Waals surface area (Å²) in [7, 11) is 0. The molecule has 0 saturated heterocycles. The molecule has 0 amide bonds. The average Bonchev–Trinajstić information content (AvgIpc) is 3.25. The number of benzene rings is 2. The predicted molar refractivity (Wildman–Crippen MR) is 88.8 cm³/mol. The summed E-state index contributed by atoms with van der Waals surface area (Å²) in [6, 6.07) is 16.5. The van der Waals surface area contributed by atoms with E-state index in [4.69, 9.17) is 10.3 Å². The third-order valence-corrected chi connectivity index (χ3v) is 4.60. The molecule has 23 heavy (non-hydrogen) atoms. The van der Waals surface area contributed by atoms with Gasteiger partial charge in [-0.15, -0.1) is 0 Å². The highest BCUT2D eigenvalue weighted by Crippen LogP contribution is 2.53. The number of nitrogens with zero attached hydrogens (tertiary/aromatic N) is 2. The standard InChI is InChI=1S/C19H19N3O/c1-13-3-2-4-16(11-13)19(9-10-19)18-21-17(22-23-18)15-7-5-14(12-20)6-8-15/h2-8,11H,9-10,12,20H2,1H3. The van der Waals surface area contributed by atoms with E-state index in [1.165, 1.54) is 11.1 Å². The summed E-state index contributed by atoms with van der Waals surface area (Å²) >= 11 is 0. The van der Waals surface area contributed by atoms with Gasteiger partial charge < -0.3 is 10.3 Å². The monoisotopic (exact) mass is 305 g/mol. The molecular weight excluding hydrogens is 286 g/mol. The van der Waals surface area contributed by atoms with E-state index in [0.717, 1.165) is 29.9 Å². The highest BCUT2D eigenvalue weighted by molar-refractivity contribution is 5.55. The van der Waals surface area contributed by atoms with E-state index < -0.39 is 0 Å². The zero-order chi connectivity index (χ0) is 15.9. The Morgan fingerprint density at radius 1 is 1.13 bits per heavy atom. The number of rotatable bonds is 4. The van der Waals surface area contributed by atoms with Crippen LogP contribution in [-0.4, -0.2) is 10.1 Å². The molecule has 2 N–H and O–H groups in total. The summed E-state index contributed by atoms with van der Waals surface area (Å²) < 4.78 is 5.61. The number of nitrogens with two attached hydrogens (primary N) is 1. The first kappa shape index (κ1) is 14.2. The first-order valence-electron chi connectivity index (χ1n) is 7.92. The lowest BCUT2D eigenvalue weighted by molar-refractivity contribution is 0.360. The molecule has 4 heteroatoms. The van der Waals surface area contributed by atoms with Crippen LogP contribution in [0.3, 0.4) is 0 Å². The molecule has 116 valence electrons. The molecule has 3 aromatic rings. The first-order valence-corrected chi connectivity index (χ1v) is 7.92. The van der Waals surface area contributed by atoms with E-state index in [-0.39, 0.29) is 5.41 Å². The number of aromatic nitrogens is 2. The van der Waals surface area contributed by atoms with E-state index in [1.807, 2.05) is 24.3 Å². The van der Waals surface area contributed by atoms with Gasteiger partial charge >= 0.3 is 0 Å².